The van der Waals surface area contributed by atoms with Crippen molar-refractivity contribution in [2.75, 3.05) is 7.11 Å². The van der Waals surface area contributed by atoms with E-state index in [0.29, 0.717) is 17.6 Å². The molecule has 3 unspecified atom stereocenters. The van der Waals surface area contributed by atoms with Crippen LogP contribution in [0.15, 0.2) is 35.4 Å². The first-order chi connectivity index (χ1) is 11.0. The van der Waals surface area contributed by atoms with E-state index in [0.717, 1.165) is 18.6 Å². The molecule has 2 nitrogen and oxygen atoms in total. The maximum absolute atomic E-state index is 12.7. The molecule has 0 saturated heterocycles. The molecule has 3 aliphatic carbocycles. The topological polar surface area (TPSA) is 26.3 Å². The minimum Gasteiger partial charge on any atom is -0.497 e. The minimum atomic E-state index is 0.209. The largest absolute Gasteiger partial charge is 0.497 e. The standard InChI is InChI=1S/C21H26O2/c1-21(2)10-4-5-14-11-16-18(22)12-17(20(14)21)19(16)13-6-8-15(23-3)9-7-13/h6-9,16-17,19H,4-5,10-12H2,1-3H3. The van der Waals surface area contributed by atoms with E-state index in [4.69, 9.17) is 4.74 Å². The van der Waals surface area contributed by atoms with Gasteiger partial charge in [0.15, 0.2) is 0 Å². The molecule has 0 amide bonds. The van der Waals surface area contributed by atoms with Gasteiger partial charge in [-0.3, -0.25) is 4.79 Å². The zero-order chi connectivity index (χ0) is 16.2. The summed E-state index contributed by atoms with van der Waals surface area (Å²) in [4.78, 5) is 12.7. The number of carbonyl (C=O) groups is 1. The molecule has 0 N–H and O–H groups in total. The number of ketones is 1. The van der Waals surface area contributed by atoms with Crippen molar-refractivity contribution in [2.24, 2.45) is 17.3 Å². The zero-order valence-corrected chi connectivity index (χ0v) is 14.4. The van der Waals surface area contributed by atoms with Gasteiger partial charge in [0.2, 0.25) is 0 Å². The van der Waals surface area contributed by atoms with Crippen LogP contribution in [0.3, 0.4) is 0 Å². The van der Waals surface area contributed by atoms with Gasteiger partial charge in [0.05, 0.1) is 7.11 Å². The van der Waals surface area contributed by atoms with Crippen molar-refractivity contribution in [3.63, 3.8) is 0 Å². The number of rotatable bonds is 2. The normalized spacial score (nSPS) is 32.0. The molecule has 0 radical (unpaired) electrons. The Labute approximate surface area is 138 Å². The van der Waals surface area contributed by atoms with E-state index in [-0.39, 0.29) is 11.3 Å². The molecule has 0 spiro atoms. The molecule has 1 fully saturated rings. The highest BCUT2D eigenvalue weighted by molar-refractivity contribution is 5.87. The Balaban J connectivity index is 1.77. The molecule has 2 bridgehead atoms. The van der Waals surface area contributed by atoms with E-state index >= 15 is 0 Å². The molecule has 2 heteroatoms. The van der Waals surface area contributed by atoms with Crippen LogP contribution in [0.4, 0.5) is 0 Å². The highest BCUT2D eigenvalue weighted by atomic mass is 16.5. The molecule has 1 aromatic rings. The molecule has 1 saturated carbocycles. The first kappa shape index (κ1) is 15.0. The summed E-state index contributed by atoms with van der Waals surface area (Å²) in [7, 11) is 1.70. The summed E-state index contributed by atoms with van der Waals surface area (Å²) in [6.45, 7) is 4.77. The minimum absolute atomic E-state index is 0.209. The van der Waals surface area contributed by atoms with Crippen LogP contribution in [-0.2, 0) is 4.79 Å². The summed E-state index contributed by atoms with van der Waals surface area (Å²) >= 11 is 0. The fourth-order valence-corrected chi connectivity index (χ4v) is 5.52. The first-order valence-electron chi connectivity index (χ1n) is 8.90. The van der Waals surface area contributed by atoms with Gasteiger partial charge < -0.3 is 4.74 Å². The molecule has 0 aliphatic heterocycles. The van der Waals surface area contributed by atoms with Gasteiger partial charge >= 0.3 is 0 Å². The monoisotopic (exact) mass is 310 g/mol. The highest BCUT2D eigenvalue weighted by Gasteiger charge is 2.52. The van der Waals surface area contributed by atoms with Gasteiger partial charge in [-0.2, -0.15) is 0 Å². The number of methoxy groups -OCH3 is 1. The number of carbonyl (C=O) groups excluding carboxylic acids is 1. The molecule has 3 atom stereocenters. The smallest absolute Gasteiger partial charge is 0.137 e. The van der Waals surface area contributed by atoms with E-state index in [2.05, 4.69) is 26.0 Å². The molecule has 122 valence electrons. The molecule has 1 aromatic carbocycles. The molecule has 0 heterocycles. The quantitative estimate of drug-likeness (QED) is 0.727. The third-order valence-corrected chi connectivity index (χ3v) is 6.43. The SMILES string of the molecule is COc1ccc(C2C3CC4=C(C2CC3=O)C(C)(C)CCC4)cc1. The zero-order valence-electron chi connectivity index (χ0n) is 14.4. The van der Waals surface area contributed by atoms with E-state index < -0.39 is 0 Å². The van der Waals surface area contributed by atoms with Gasteiger partial charge in [0.25, 0.3) is 0 Å². The summed E-state index contributed by atoms with van der Waals surface area (Å²) in [6, 6.07) is 8.41. The third-order valence-electron chi connectivity index (χ3n) is 6.43. The lowest BCUT2D eigenvalue weighted by atomic mass is 9.60. The number of fused-ring (bicyclic) bond motifs is 3. The van der Waals surface area contributed by atoms with Crippen LogP contribution in [0.25, 0.3) is 0 Å². The maximum atomic E-state index is 12.7. The van der Waals surface area contributed by atoms with E-state index in [1.54, 1.807) is 18.3 Å². The Morgan fingerprint density at radius 2 is 1.83 bits per heavy atom. The Morgan fingerprint density at radius 1 is 1.09 bits per heavy atom. The average Bonchev–Trinajstić information content (AvgIpc) is 2.75. The fraction of sp³-hybridized carbons (Fsp3) is 0.571. The number of allylic oxidation sites excluding steroid dienone is 2. The van der Waals surface area contributed by atoms with Gasteiger partial charge in [-0.15, -0.1) is 0 Å². The Kier molecular flexibility index (Phi) is 3.40. The van der Waals surface area contributed by atoms with Crippen molar-refractivity contribution in [1.29, 1.82) is 0 Å². The summed E-state index contributed by atoms with van der Waals surface area (Å²) in [6.07, 6.45) is 5.52. The Hall–Kier alpha value is -1.57. The van der Waals surface area contributed by atoms with E-state index in [1.165, 1.54) is 24.8 Å². The summed E-state index contributed by atoms with van der Waals surface area (Å²) < 4.78 is 5.29. The molecule has 3 aliphatic rings. The number of benzene rings is 1. The second-order valence-corrected chi connectivity index (χ2v) is 8.14. The van der Waals surface area contributed by atoms with Crippen LogP contribution in [0.5, 0.6) is 5.75 Å². The van der Waals surface area contributed by atoms with Gasteiger partial charge in [0, 0.05) is 18.3 Å². The summed E-state index contributed by atoms with van der Waals surface area (Å²) in [5.74, 6) is 2.40. The van der Waals surface area contributed by atoms with E-state index in [1.807, 2.05) is 12.1 Å². The number of ether oxygens (including phenoxy) is 1. The molecule has 4 rings (SSSR count). The average molecular weight is 310 g/mol. The van der Waals surface area contributed by atoms with Crippen LogP contribution in [0.1, 0.15) is 57.4 Å². The van der Waals surface area contributed by atoms with E-state index in [9.17, 15) is 4.79 Å². The molecular weight excluding hydrogens is 284 g/mol. The van der Waals surface area contributed by atoms with Crippen molar-refractivity contribution in [3.05, 3.63) is 41.0 Å². The number of Topliss-reactive ketones (excluding diaryl/α,β-unsaturated/α-hetero) is 1. The lowest BCUT2D eigenvalue weighted by molar-refractivity contribution is -0.120. The van der Waals surface area contributed by atoms with Crippen LogP contribution in [-0.4, -0.2) is 12.9 Å². The predicted molar refractivity (Wildman–Crippen MR) is 91.6 cm³/mol. The lowest BCUT2D eigenvalue weighted by Gasteiger charge is -2.44. The fourth-order valence-electron chi connectivity index (χ4n) is 5.52. The highest BCUT2D eigenvalue weighted by Crippen LogP contribution is 2.59. The van der Waals surface area contributed by atoms with Gasteiger partial charge in [0.1, 0.15) is 11.5 Å². The van der Waals surface area contributed by atoms with Crippen molar-refractivity contribution < 1.29 is 9.53 Å². The summed E-state index contributed by atoms with van der Waals surface area (Å²) in [5, 5.41) is 0. The van der Waals surface area contributed by atoms with Crippen molar-refractivity contribution in [1.82, 2.24) is 0 Å². The van der Waals surface area contributed by atoms with Gasteiger partial charge in [-0.05, 0) is 54.7 Å². The molecular formula is C21H26O2. The second-order valence-electron chi connectivity index (χ2n) is 8.14. The molecule has 23 heavy (non-hydrogen) atoms. The number of hydrogen-bond acceptors (Lipinski definition) is 2. The number of hydrogen-bond donors (Lipinski definition) is 0. The lowest BCUT2D eigenvalue weighted by Crippen LogP contribution is -2.32. The van der Waals surface area contributed by atoms with Crippen LogP contribution >= 0.6 is 0 Å². The Morgan fingerprint density at radius 3 is 2.52 bits per heavy atom. The third kappa shape index (κ3) is 2.26. The first-order valence-corrected chi connectivity index (χ1v) is 8.90. The van der Waals surface area contributed by atoms with Crippen molar-refractivity contribution in [3.8, 4) is 5.75 Å². The van der Waals surface area contributed by atoms with Crippen LogP contribution < -0.4 is 4.74 Å². The Bertz CT molecular complexity index is 666. The van der Waals surface area contributed by atoms with Crippen molar-refractivity contribution >= 4 is 5.78 Å². The molecule has 0 aromatic heterocycles. The van der Waals surface area contributed by atoms with Crippen LogP contribution in [0.2, 0.25) is 0 Å². The summed E-state index contributed by atoms with van der Waals surface area (Å²) in [5.41, 5.74) is 4.83. The van der Waals surface area contributed by atoms with Crippen LogP contribution in [0, 0.1) is 17.3 Å². The van der Waals surface area contributed by atoms with Gasteiger partial charge in [-0.1, -0.05) is 37.1 Å². The maximum Gasteiger partial charge on any atom is 0.137 e. The van der Waals surface area contributed by atoms with Gasteiger partial charge in [-0.25, -0.2) is 0 Å². The second kappa shape index (κ2) is 5.22. The van der Waals surface area contributed by atoms with Crippen molar-refractivity contribution in [2.45, 2.75) is 51.9 Å². The predicted octanol–water partition coefficient (Wildman–Crippen LogP) is 4.89.